The van der Waals surface area contributed by atoms with Gasteiger partial charge in [-0.3, -0.25) is 9.69 Å². The second-order valence-corrected chi connectivity index (χ2v) is 7.17. The predicted octanol–water partition coefficient (Wildman–Crippen LogP) is 4.79. The summed E-state index contributed by atoms with van der Waals surface area (Å²) in [6.45, 7) is 1.09. The summed E-state index contributed by atoms with van der Waals surface area (Å²) in [6, 6.07) is 11.0. The van der Waals surface area contributed by atoms with Crippen LogP contribution in [0.15, 0.2) is 36.4 Å². The predicted molar refractivity (Wildman–Crippen MR) is 108 cm³/mol. The topological polar surface area (TPSA) is 50.8 Å². The molecule has 2 aromatic carbocycles. The number of hydrogen-bond donors (Lipinski definition) is 1. The number of carbonyl (C=O) groups excluding carboxylic acids is 1. The zero-order valence-corrected chi connectivity index (χ0v) is 16.8. The fraction of sp³-hybridized carbons (Fsp3) is 0.350. The monoisotopic (exact) mass is 408 g/mol. The number of nitrogens with zero attached hydrogens (tertiary/aromatic N) is 1. The Hall–Kier alpha value is -1.95. The van der Waals surface area contributed by atoms with Crippen LogP contribution in [0.2, 0.25) is 10.0 Å². The molecule has 1 aliphatic rings. The molecular weight excluding hydrogens is 387 g/mol. The summed E-state index contributed by atoms with van der Waals surface area (Å²) in [5.41, 5.74) is 1.55. The van der Waals surface area contributed by atoms with Crippen molar-refractivity contribution in [2.75, 3.05) is 32.6 Å². The zero-order chi connectivity index (χ0) is 19.4. The van der Waals surface area contributed by atoms with Crippen molar-refractivity contribution in [1.29, 1.82) is 0 Å². The Balaban J connectivity index is 1.75. The Morgan fingerprint density at radius 3 is 2.78 bits per heavy atom. The van der Waals surface area contributed by atoms with Crippen LogP contribution in [-0.4, -0.2) is 38.1 Å². The van der Waals surface area contributed by atoms with Gasteiger partial charge in [-0.1, -0.05) is 29.3 Å². The maximum atomic E-state index is 12.6. The molecule has 0 bridgehead atoms. The van der Waals surface area contributed by atoms with E-state index in [9.17, 15) is 4.79 Å². The van der Waals surface area contributed by atoms with Gasteiger partial charge in [0.25, 0.3) is 0 Å². The molecule has 1 heterocycles. The molecule has 1 fully saturated rings. The standard InChI is InChI=1S/C20H22Cl2N2O3/c1-26-13-8-9-18(27-2)14(11-13)17-7-4-10-24(17)12-19(25)23-16-6-3-5-15(21)20(16)22/h3,5-6,8-9,11,17H,4,7,10,12H2,1-2H3,(H,23,25). The van der Waals surface area contributed by atoms with Gasteiger partial charge in [0, 0.05) is 11.6 Å². The number of benzene rings is 2. The Kier molecular flexibility index (Phi) is 6.47. The Morgan fingerprint density at radius 1 is 1.22 bits per heavy atom. The van der Waals surface area contributed by atoms with E-state index in [4.69, 9.17) is 32.7 Å². The van der Waals surface area contributed by atoms with Crippen LogP contribution in [0.25, 0.3) is 0 Å². The number of anilines is 1. The van der Waals surface area contributed by atoms with E-state index in [1.807, 2.05) is 18.2 Å². The molecule has 0 aliphatic carbocycles. The van der Waals surface area contributed by atoms with Crippen molar-refractivity contribution in [2.24, 2.45) is 0 Å². The molecule has 1 N–H and O–H groups in total. The third-order valence-corrected chi connectivity index (χ3v) is 5.55. The van der Waals surface area contributed by atoms with Gasteiger partial charge in [-0.25, -0.2) is 0 Å². The molecule has 1 unspecified atom stereocenters. The number of methoxy groups -OCH3 is 2. The van der Waals surface area contributed by atoms with Crippen LogP contribution in [0, 0.1) is 0 Å². The summed E-state index contributed by atoms with van der Waals surface area (Å²) >= 11 is 12.2. The van der Waals surface area contributed by atoms with Gasteiger partial charge in [-0.15, -0.1) is 0 Å². The third kappa shape index (κ3) is 4.49. The quantitative estimate of drug-likeness (QED) is 0.746. The van der Waals surface area contributed by atoms with Gasteiger partial charge in [-0.2, -0.15) is 0 Å². The van der Waals surface area contributed by atoms with Crippen LogP contribution in [0.4, 0.5) is 5.69 Å². The molecule has 0 aromatic heterocycles. The second kappa shape index (κ2) is 8.83. The van der Waals surface area contributed by atoms with Crippen LogP contribution in [0.1, 0.15) is 24.4 Å². The number of hydrogen-bond acceptors (Lipinski definition) is 4. The van der Waals surface area contributed by atoms with Crippen molar-refractivity contribution >= 4 is 34.8 Å². The average molecular weight is 409 g/mol. The van der Waals surface area contributed by atoms with Crippen LogP contribution in [0.5, 0.6) is 11.5 Å². The largest absolute Gasteiger partial charge is 0.497 e. The SMILES string of the molecule is COc1ccc(OC)c(C2CCCN2CC(=O)Nc2cccc(Cl)c2Cl)c1. The highest BCUT2D eigenvalue weighted by molar-refractivity contribution is 6.44. The van der Waals surface area contributed by atoms with Gasteiger partial charge >= 0.3 is 0 Å². The molecule has 2 aromatic rings. The van der Waals surface area contributed by atoms with E-state index < -0.39 is 0 Å². The van der Waals surface area contributed by atoms with Gasteiger partial charge < -0.3 is 14.8 Å². The first-order valence-electron chi connectivity index (χ1n) is 8.73. The Bertz CT molecular complexity index is 829. The van der Waals surface area contributed by atoms with Gasteiger partial charge in [0.05, 0.1) is 36.5 Å². The first-order chi connectivity index (χ1) is 13.0. The lowest BCUT2D eigenvalue weighted by Gasteiger charge is -2.26. The smallest absolute Gasteiger partial charge is 0.238 e. The Labute approximate surface area is 169 Å². The molecule has 27 heavy (non-hydrogen) atoms. The van der Waals surface area contributed by atoms with Crippen molar-refractivity contribution in [3.63, 3.8) is 0 Å². The molecule has 0 spiro atoms. The van der Waals surface area contributed by atoms with Crippen molar-refractivity contribution in [1.82, 2.24) is 4.90 Å². The van der Waals surface area contributed by atoms with E-state index in [-0.39, 0.29) is 18.5 Å². The number of carbonyl (C=O) groups is 1. The fourth-order valence-electron chi connectivity index (χ4n) is 3.44. The van der Waals surface area contributed by atoms with Crippen molar-refractivity contribution in [3.05, 3.63) is 52.0 Å². The molecule has 0 saturated carbocycles. The van der Waals surface area contributed by atoms with Crippen LogP contribution >= 0.6 is 23.2 Å². The molecule has 5 nitrogen and oxygen atoms in total. The van der Waals surface area contributed by atoms with Crippen LogP contribution in [0.3, 0.4) is 0 Å². The minimum Gasteiger partial charge on any atom is -0.497 e. The third-order valence-electron chi connectivity index (χ3n) is 4.73. The molecular formula is C20H22Cl2N2O3. The molecule has 7 heteroatoms. The summed E-state index contributed by atoms with van der Waals surface area (Å²) in [5, 5.41) is 3.61. The molecule has 3 rings (SSSR count). The fourth-order valence-corrected chi connectivity index (χ4v) is 3.79. The summed E-state index contributed by atoms with van der Waals surface area (Å²) in [7, 11) is 3.29. The maximum Gasteiger partial charge on any atom is 0.238 e. The van der Waals surface area contributed by atoms with Gasteiger partial charge in [0.15, 0.2) is 0 Å². The zero-order valence-electron chi connectivity index (χ0n) is 15.3. The van der Waals surface area contributed by atoms with Gasteiger partial charge in [-0.05, 0) is 49.7 Å². The highest BCUT2D eigenvalue weighted by atomic mass is 35.5. The highest BCUT2D eigenvalue weighted by Gasteiger charge is 2.30. The van der Waals surface area contributed by atoms with Crippen molar-refractivity contribution in [3.8, 4) is 11.5 Å². The summed E-state index contributed by atoms with van der Waals surface area (Å²) in [6.07, 6.45) is 1.96. The van der Waals surface area contributed by atoms with E-state index in [1.54, 1.807) is 32.4 Å². The number of ether oxygens (including phenoxy) is 2. The van der Waals surface area contributed by atoms with Crippen LogP contribution < -0.4 is 14.8 Å². The van der Waals surface area contributed by atoms with Crippen LogP contribution in [-0.2, 0) is 4.79 Å². The van der Waals surface area contributed by atoms with Crippen molar-refractivity contribution in [2.45, 2.75) is 18.9 Å². The number of likely N-dealkylation sites (tertiary alicyclic amines) is 1. The maximum absolute atomic E-state index is 12.6. The van der Waals surface area contributed by atoms with Gasteiger partial charge in [0.1, 0.15) is 11.5 Å². The lowest BCUT2D eigenvalue weighted by Crippen LogP contribution is -2.33. The first-order valence-corrected chi connectivity index (χ1v) is 9.49. The molecule has 144 valence electrons. The van der Waals surface area contributed by atoms with Crippen molar-refractivity contribution < 1.29 is 14.3 Å². The van der Waals surface area contributed by atoms with E-state index in [0.717, 1.165) is 36.4 Å². The number of nitrogens with one attached hydrogen (secondary N) is 1. The molecule has 1 aliphatic heterocycles. The summed E-state index contributed by atoms with van der Waals surface area (Å²) in [5.74, 6) is 1.44. The Morgan fingerprint density at radius 2 is 2.04 bits per heavy atom. The molecule has 0 radical (unpaired) electrons. The van der Waals surface area contributed by atoms with E-state index in [1.165, 1.54) is 0 Å². The summed E-state index contributed by atoms with van der Waals surface area (Å²) < 4.78 is 10.9. The number of halogens is 2. The normalized spacial score (nSPS) is 17.0. The number of rotatable bonds is 6. The lowest BCUT2D eigenvalue weighted by atomic mass is 10.0. The lowest BCUT2D eigenvalue weighted by molar-refractivity contribution is -0.117. The number of amides is 1. The molecule has 1 amide bonds. The highest BCUT2D eigenvalue weighted by Crippen LogP contribution is 2.38. The molecule has 1 atom stereocenters. The minimum absolute atomic E-state index is 0.0932. The van der Waals surface area contributed by atoms with Gasteiger partial charge in [0.2, 0.25) is 5.91 Å². The molecule has 1 saturated heterocycles. The van der Waals surface area contributed by atoms with E-state index >= 15 is 0 Å². The first kappa shape index (κ1) is 19.8. The minimum atomic E-state index is -0.132. The van der Waals surface area contributed by atoms with E-state index in [0.29, 0.717) is 15.7 Å². The summed E-state index contributed by atoms with van der Waals surface area (Å²) in [4.78, 5) is 14.7. The van der Waals surface area contributed by atoms with E-state index in [2.05, 4.69) is 10.2 Å². The second-order valence-electron chi connectivity index (χ2n) is 6.39. The average Bonchev–Trinajstić information content (AvgIpc) is 3.12.